The SMILES string of the molecule is CC(C)(C)OC(=O)C1CCC(N=C(N)N2CCN(c3ccc(F)cc3)CC2)CC1. The van der Waals surface area contributed by atoms with E-state index >= 15 is 0 Å². The van der Waals surface area contributed by atoms with Gasteiger partial charge in [-0.25, -0.2) is 9.38 Å². The second-order valence-electron chi connectivity index (χ2n) is 8.98. The van der Waals surface area contributed by atoms with Gasteiger partial charge in [-0.3, -0.25) is 4.79 Å². The van der Waals surface area contributed by atoms with Gasteiger partial charge in [-0.05, 0) is 70.7 Å². The van der Waals surface area contributed by atoms with Gasteiger partial charge in [-0.2, -0.15) is 0 Å². The monoisotopic (exact) mass is 404 g/mol. The van der Waals surface area contributed by atoms with Crippen LogP contribution >= 0.6 is 0 Å². The lowest BCUT2D eigenvalue weighted by Crippen LogP contribution is -2.51. The Hall–Kier alpha value is -2.31. The van der Waals surface area contributed by atoms with E-state index in [1.165, 1.54) is 12.1 Å². The van der Waals surface area contributed by atoms with Crippen LogP contribution in [0, 0.1) is 11.7 Å². The molecule has 2 fully saturated rings. The zero-order valence-electron chi connectivity index (χ0n) is 17.7. The van der Waals surface area contributed by atoms with E-state index < -0.39 is 5.60 Å². The number of ether oxygens (including phenoxy) is 1. The summed E-state index contributed by atoms with van der Waals surface area (Å²) < 4.78 is 18.6. The molecule has 0 atom stereocenters. The van der Waals surface area contributed by atoms with E-state index in [1.54, 1.807) is 0 Å². The van der Waals surface area contributed by atoms with Crippen LogP contribution in [0.15, 0.2) is 29.3 Å². The fourth-order valence-electron chi connectivity index (χ4n) is 3.94. The molecule has 3 rings (SSSR count). The second-order valence-corrected chi connectivity index (χ2v) is 8.98. The first-order valence-electron chi connectivity index (χ1n) is 10.5. The summed E-state index contributed by atoms with van der Waals surface area (Å²) in [5.41, 5.74) is 6.87. The number of benzene rings is 1. The van der Waals surface area contributed by atoms with Gasteiger partial charge in [0.15, 0.2) is 5.96 Å². The predicted octanol–water partition coefficient (Wildman–Crippen LogP) is 3.16. The van der Waals surface area contributed by atoms with Gasteiger partial charge in [0.05, 0.1) is 12.0 Å². The van der Waals surface area contributed by atoms with Crippen molar-refractivity contribution in [2.75, 3.05) is 31.1 Å². The summed E-state index contributed by atoms with van der Waals surface area (Å²) in [6.45, 7) is 8.94. The number of nitrogens with zero attached hydrogens (tertiary/aromatic N) is 3. The number of esters is 1. The van der Waals surface area contributed by atoms with Crippen LogP contribution in [0.4, 0.5) is 10.1 Å². The Bertz CT molecular complexity index is 713. The fourth-order valence-corrected chi connectivity index (χ4v) is 3.94. The molecule has 1 saturated heterocycles. The van der Waals surface area contributed by atoms with Gasteiger partial charge in [0.1, 0.15) is 11.4 Å². The molecule has 1 aliphatic heterocycles. The summed E-state index contributed by atoms with van der Waals surface area (Å²) in [7, 11) is 0. The van der Waals surface area contributed by atoms with Crippen LogP contribution in [0.2, 0.25) is 0 Å². The Morgan fingerprint density at radius 1 is 1.07 bits per heavy atom. The highest BCUT2D eigenvalue weighted by molar-refractivity contribution is 5.78. The van der Waals surface area contributed by atoms with Crippen LogP contribution in [0.5, 0.6) is 0 Å². The zero-order chi connectivity index (χ0) is 21.0. The summed E-state index contributed by atoms with van der Waals surface area (Å²) in [6.07, 6.45) is 3.32. The number of rotatable bonds is 3. The first-order chi connectivity index (χ1) is 13.7. The second kappa shape index (κ2) is 9.01. The number of carbonyl (C=O) groups excluding carboxylic acids is 1. The van der Waals surface area contributed by atoms with Gasteiger partial charge >= 0.3 is 5.97 Å². The van der Waals surface area contributed by atoms with E-state index in [4.69, 9.17) is 15.5 Å². The molecule has 0 unspecified atom stereocenters. The number of piperazine rings is 1. The van der Waals surface area contributed by atoms with Crippen LogP contribution < -0.4 is 10.6 Å². The molecule has 2 N–H and O–H groups in total. The van der Waals surface area contributed by atoms with E-state index in [2.05, 4.69) is 9.80 Å². The Morgan fingerprint density at radius 3 is 2.21 bits per heavy atom. The quantitative estimate of drug-likeness (QED) is 0.476. The number of hydrogen-bond acceptors (Lipinski definition) is 4. The molecule has 1 aromatic carbocycles. The van der Waals surface area contributed by atoms with Gasteiger partial charge in [-0.15, -0.1) is 0 Å². The molecular formula is C22H33FN4O2. The lowest BCUT2D eigenvalue weighted by atomic mass is 9.86. The number of anilines is 1. The lowest BCUT2D eigenvalue weighted by molar-refractivity contribution is -0.161. The summed E-state index contributed by atoms with van der Waals surface area (Å²) in [5, 5.41) is 0. The lowest BCUT2D eigenvalue weighted by Gasteiger charge is -2.37. The van der Waals surface area contributed by atoms with Gasteiger partial charge in [0, 0.05) is 31.9 Å². The zero-order valence-corrected chi connectivity index (χ0v) is 17.7. The average molecular weight is 405 g/mol. The minimum absolute atomic E-state index is 0.0267. The van der Waals surface area contributed by atoms with Crippen molar-refractivity contribution in [3.63, 3.8) is 0 Å². The van der Waals surface area contributed by atoms with Crippen LogP contribution in [-0.4, -0.2) is 54.7 Å². The molecule has 7 heteroatoms. The maximum absolute atomic E-state index is 13.1. The van der Waals surface area contributed by atoms with Gasteiger partial charge in [-0.1, -0.05) is 0 Å². The summed E-state index contributed by atoms with van der Waals surface area (Å²) in [4.78, 5) is 21.3. The minimum Gasteiger partial charge on any atom is -0.460 e. The molecule has 1 aromatic rings. The van der Waals surface area contributed by atoms with Crippen molar-refractivity contribution in [1.82, 2.24) is 4.90 Å². The van der Waals surface area contributed by atoms with E-state index in [0.29, 0.717) is 5.96 Å². The molecule has 1 heterocycles. The number of guanidine groups is 1. The van der Waals surface area contributed by atoms with E-state index in [1.807, 2.05) is 32.9 Å². The van der Waals surface area contributed by atoms with Crippen LogP contribution in [0.3, 0.4) is 0 Å². The van der Waals surface area contributed by atoms with E-state index in [9.17, 15) is 9.18 Å². The van der Waals surface area contributed by atoms with Crippen molar-refractivity contribution in [1.29, 1.82) is 0 Å². The van der Waals surface area contributed by atoms with Crippen LogP contribution in [-0.2, 0) is 9.53 Å². The third-order valence-corrected chi connectivity index (χ3v) is 5.55. The standard InChI is InChI=1S/C22H33FN4O2/c1-22(2,3)29-20(28)16-4-8-18(9-5-16)25-21(24)27-14-12-26(13-15-27)19-10-6-17(23)7-11-19/h6-7,10-11,16,18H,4-5,8-9,12-15H2,1-3H3,(H2,24,25). The first kappa shape index (κ1) is 21.4. The minimum atomic E-state index is -0.438. The topological polar surface area (TPSA) is 71.2 Å². The number of halogens is 1. The molecule has 1 saturated carbocycles. The van der Waals surface area contributed by atoms with Crippen molar-refractivity contribution >= 4 is 17.6 Å². The highest BCUT2D eigenvalue weighted by atomic mass is 19.1. The molecule has 0 spiro atoms. The van der Waals surface area contributed by atoms with Crippen molar-refractivity contribution in [3.8, 4) is 0 Å². The third-order valence-electron chi connectivity index (χ3n) is 5.55. The van der Waals surface area contributed by atoms with Crippen molar-refractivity contribution in [2.24, 2.45) is 16.6 Å². The maximum atomic E-state index is 13.1. The third kappa shape index (κ3) is 6.08. The van der Waals surface area contributed by atoms with Crippen molar-refractivity contribution < 1.29 is 13.9 Å². The molecule has 29 heavy (non-hydrogen) atoms. The molecular weight excluding hydrogens is 371 g/mol. The highest BCUT2D eigenvalue weighted by Gasteiger charge is 2.30. The van der Waals surface area contributed by atoms with E-state index in [-0.39, 0.29) is 23.7 Å². The van der Waals surface area contributed by atoms with Crippen molar-refractivity contribution in [3.05, 3.63) is 30.1 Å². The first-order valence-corrected chi connectivity index (χ1v) is 10.5. The Morgan fingerprint density at radius 2 is 1.66 bits per heavy atom. The number of nitrogens with two attached hydrogens (primary N) is 1. The molecule has 0 amide bonds. The molecule has 2 aliphatic rings. The molecule has 0 aromatic heterocycles. The van der Waals surface area contributed by atoms with Gasteiger partial charge < -0.3 is 20.3 Å². The molecule has 6 nitrogen and oxygen atoms in total. The molecule has 0 radical (unpaired) electrons. The fraction of sp³-hybridized carbons (Fsp3) is 0.636. The van der Waals surface area contributed by atoms with Gasteiger partial charge in [0.2, 0.25) is 0 Å². The average Bonchev–Trinajstić information content (AvgIpc) is 2.68. The molecule has 1 aliphatic carbocycles. The van der Waals surface area contributed by atoms with Crippen molar-refractivity contribution in [2.45, 2.75) is 58.1 Å². The number of carbonyl (C=O) groups is 1. The maximum Gasteiger partial charge on any atom is 0.309 e. The Balaban J connectivity index is 1.46. The Labute approximate surface area is 172 Å². The number of aliphatic imine (C=N–C) groups is 1. The summed E-state index contributed by atoms with van der Waals surface area (Å²) in [5.74, 6) is 0.251. The smallest absolute Gasteiger partial charge is 0.309 e. The Kier molecular flexibility index (Phi) is 6.65. The normalized spacial score (nSPS) is 23.8. The van der Waals surface area contributed by atoms with E-state index in [0.717, 1.165) is 57.5 Å². The highest BCUT2D eigenvalue weighted by Crippen LogP contribution is 2.28. The number of hydrogen-bond donors (Lipinski definition) is 1. The predicted molar refractivity (Wildman–Crippen MR) is 113 cm³/mol. The summed E-state index contributed by atoms with van der Waals surface area (Å²) >= 11 is 0. The largest absolute Gasteiger partial charge is 0.460 e. The van der Waals surface area contributed by atoms with Crippen LogP contribution in [0.1, 0.15) is 46.5 Å². The van der Waals surface area contributed by atoms with Gasteiger partial charge in [0.25, 0.3) is 0 Å². The summed E-state index contributed by atoms with van der Waals surface area (Å²) in [6, 6.07) is 6.77. The van der Waals surface area contributed by atoms with Crippen LogP contribution in [0.25, 0.3) is 0 Å². The molecule has 0 bridgehead atoms. The molecule has 160 valence electrons.